The number of benzene rings is 12. The molecular formula is C84H40N14. The lowest BCUT2D eigenvalue weighted by Gasteiger charge is -2.20. The third-order valence-corrected chi connectivity index (χ3v) is 17.7. The molecule has 0 aliphatic heterocycles. The lowest BCUT2D eigenvalue weighted by Crippen LogP contribution is -2.04. The van der Waals surface area contributed by atoms with Crippen molar-refractivity contribution in [1.82, 2.24) is 24.1 Å². The Morgan fingerprint density at radius 3 is 0.806 bits per heavy atom. The summed E-state index contributed by atoms with van der Waals surface area (Å²) in [5, 5.41) is 95.7. The molecule has 0 aliphatic rings. The van der Waals surface area contributed by atoms with E-state index in [1.165, 1.54) is 0 Å². The zero-order valence-corrected chi connectivity index (χ0v) is 51.4. The summed E-state index contributed by atoms with van der Waals surface area (Å²) in [5.74, 6) is 1.25. The molecule has 15 rings (SSSR count). The van der Waals surface area contributed by atoms with Crippen molar-refractivity contribution in [1.29, 1.82) is 47.4 Å². The van der Waals surface area contributed by atoms with Crippen LogP contribution in [0.5, 0.6) is 0 Å². The molecule has 12 aromatic carbocycles. The molecule has 0 amide bonds. The predicted octanol–water partition coefficient (Wildman–Crippen LogP) is 18.2. The van der Waals surface area contributed by atoms with E-state index in [1.54, 1.807) is 78.9 Å². The maximum Gasteiger partial charge on any atom is 0.164 e. The summed E-state index contributed by atoms with van der Waals surface area (Å²) >= 11 is 0. The molecule has 14 nitrogen and oxygen atoms in total. The third-order valence-electron chi connectivity index (χ3n) is 17.7. The summed E-state index contributed by atoms with van der Waals surface area (Å²) in [4.78, 5) is 15.5. The molecule has 0 N–H and O–H groups in total. The van der Waals surface area contributed by atoms with Crippen molar-refractivity contribution in [2.24, 2.45) is 0 Å². The third kappa shape index (κ3) is 10.1. The average Bonchev–Trinajstić information content (AvgIpc) is 1.55. The van der Waals surface area contributed by atoms with Gasteiger partial charge in [0.25, 0.3) is 0 Å². The van der Waals surface area contributed by atoms with Crippen LogP contribution < -0.4 is 0 Å². The molecule has 3 heterocycles. The first-order valence-electron chi connectivity index (χ1n) is 30.6. The van der Waals surface area contributed by atoms with Crippen LogP contribution >= 0.6 is 0 Å². The quantitative estimate of drug-likeness (QED) is 0.124. The second kappa shape index (κ2) is 24.4. The van der Waals surface area contributed by atoms with Crippen LogP contribution in [0.1, 0.15) is 50.1 Å². The number of fused-ring (bicyclic) bond motifs is 6. The highest BCUT2D eigenvalue weighted by Crippen LogP contribution is 2.46. The Balaban J connectivity index is 1.05. The summed E-state index contributed by atoms with van der Waals surface area (Å²) < 4.78 is 4.30. The van der Waals surface area contributed by atoms with E-state index in [4.69, 9.17) is 15.0 Å². The van der Waals surface area contributed by atoms with Crippen molar-refractivity contribution in [3.63, 3.8) is 0 Å². The van der Waals surface area contributed by atoms with E-state index < -0.39 is 0 Å². The number of rotatable bonds is 10. The van der Waals surface area contributed by atoms with Gasteiger partial charge in [0.05, 0.1) is 138 Å². The SMILES string of the molecule is N#Cc1ccc(-c2ccc3c(c2)c2cc(-c4ccc(C#N)cc4C#N)ccc2n3-c2ccc(C#N)cc2-c2cc(-c3nc(-c4ccccc4)nc(-c4ccccc4)n3)ccc2-n2c3ccc(-c4ccc(C#N)cc4C#N)cc3c3cc(-c4ccc(C#N)cc4C#N)ccc32)c(C#N)c1. The van der Waals surface area contributed by atoms with E-state index in [1.807, 2.05) is 164 Å². The highest BCUT2D eigenvalue weighted by molar-refractivity contribution is 6.14. The van der Waals surface area contributed by atoms with Gasteiger partial charge in [-0.1, -0.05) is 109 Å². The standard InChI is InChI=1S/C84H40N14/c85-41-50-11-21-66(62(31-50)46-90)57-16-26-77-71(36-57)72-37-58(67-22-12-51(42-86)32-63(67)47-91)17-27-78(72)97(77)76-25-15-54(45-89)35-70(76)75-40-61(84-95-82(55-7-3-1-4-8-55)94-83(96-84)56-9-5-2-6-10-56)20-30-81(75)98-79-28-18-59(68-23-13-52(43-87)33-64(68)48-92)38-73(79)74-39-60(19-29-80(74)98)69-24-14-53(44-88)34-65(69)49-93/h1-40H. The van der Waals surface area contributed by atoms with Crippen LogP contribution in [0.25, 0.3) is 145 Å². The molecule has 0 saturated heterocycles. The molecule has 15 aromatic rings. The molecule has 0 atom stereocenters. The Kier molecular flexibility index (Phi) is 14.7. The molecular weight excluding hydrogens is 1210 g/mol. The Labute approximate surface area is 560 Å². The molecule has 0 aliphatic carbocycles. The first-order valence-corrected chi connectivity index (χ1v) is 30.6. The Morgan fingerprint density at radius 2 is 0.490 bits per heavy atom. The van der Waals surface area contributed by atoms with E-state index in [0.29, 0.717) is 140 Å². The second-order valence-electron chi connectivity index (χ2n) is 23.1. The number of nitriles is 9. The number of hydrogen-bond acceptors (Lipinski definition) is 12. The van der Waals surface area contributed by atoms with Crippen LogP contribution in [0.4, 0.5) is 0 Å². The minimum Gasteiger partial charge on any atom is -0.309 e. The molecule has 0 bridgehead atoms. The first-order chi connectivity index (χ1) is 48.1. The van der Waals surface area contributed by atoms with E-state index in [9.17, 15) is 47.4 Å². The van der Waals surface area contributed by atoms with Crippen LogP contribution in [0, 0.1) is 102 Å². The highest BCUT2D eigenvalue weighted by Gasteiger charge is 2.26. The van der Waals surface area contributed by atoms with Crippen molar-refractivity contribution in [3.8, 4) is 156 Å². The fourth-order valence-electron chi connectivity index (χ4n) is 13.1. The van der Waals surface area contributed by atoms with Crippen LogP contribution in [0.2, 0.25) is 0 Å². The van der Waals surface area contributed by atoms with Crippen LogP contribution in [-0.2, 0) is 0 Å². The van der Waals surface area contributed by atoms with E-state index in [-0.39, 0.29) is 0 Å². The molecule has 0 saturated carbocycles. The van der Waals surface area contributed by atoms with Crippen molar-refractivity contribution in [2.45, 2.75) is 0 Å². The molecule has 0 fully saturated rings. The van der Waals surface area contributed by atoms with Gasteiger partial charge in [0.1, 0.15) is 0 Å². The molecule has 14 heteroatoms. The van der Waals surface area contributed by atoms with Gasteiger partial charge in [-0.2, -0.15) is 47.4 Å². The van der Waals surface area contributed by atoms with Gasteiger partial charge in [0, 0.05) is 49.4 Å². The normalized spacial score (nSPS) is 10.8. The topological polar surface area (TPSA) is 263 Å². The second-order valence-corrected chi connectivity index (χ2v) is 23.1. The van der Waals surface area contributed by atoms with Crippen LogP contribution in [-0.4, -0.2) is 24.1 Å². The van der Waals surface area contributed by atoms with Gasteiger partial charge in [0.15, 0.2) is 17.5 Å². The van der Waals surface area contributed by atoms with Gasteiger partial charge in [-0.3, -0.25) is 0 Å². The molecule has 0 unspecified atom stereocenters. The van der Waals surface area contributed by atoms with E-state index >= 15 is 0 Å². The smallest absolute Gasteiger partial charge is 0.164 e. The fourth-order valence-corrected chi connectivity index (χ4v) is 13.1. The van der Waals surface area contributed by atoms with Gasteiger partial charge < -0.3 is 9.13 Å². The molecule has 98 heavy (non-hydrogen) atoms. The van der Waals surface area contributed by atoms with Gasteiger partial charge in [0.2, 0.25) is 0 Å². The van der Waals surface area contributed by atoms with Gasteiger partial charge in [-0.05, 0) is 178 Å². The van der Waals surface area contributed by atoms with Crippen molar-refractivity contribution in [3.05, 3.63) is 293 Å². The van der Waals surface area contributed by atoms with Crippen molar-refractivity contribution >= 4 is 43.6 Å². The molecule has 0 spiro atoms. The maximum absolute atomic E-state index is 11.1. The molecule has 446 valence electrons. The summed E-state index contributed by atoms with van der Waals surface area (Å²) in [7, 11) is 0. The van der Waals surface area contributed by atoms with Crippen LogP contribution in [0.15, 0.2) is 243 Å². The average molecular weight is 1250 g/mol. The zero-order valence-electron chi connectivity index (χ0n) is 51.4. The first kappa shape index (κ1) is 59.0. The Hall–Kier alpha value is -15.3. The lowest BCUT2D eigenvalue weighted by molar-refractivity contribution is 1.07. The van der Waals surface area contributed by atoms with E-state index in [0.717, 1.165) is 54.7 Å². The molecule has 3 aromatic heterocycles. The monoisotopic (exact) mass is 1240 g/mol. The summed E-state index contributed by atoms with van der Waals surface area (Å²) in [6.45, 7) is 0. The summed E-state index contributed by atoms with van der Waals surface area (Å²) in [6.07, 6.45) is 0. The minimum absolute atomic E-state index is 0.315. The zero-order chi connectivity index (χ0) is 67.1. The maximum atomic E-state index is 11.1. The molecule has 0 radical (unpaired) electrons. The minimum atomic E-state index is 0.315. The summed E-state index contributed by atoms with van der Waals surface area (Å²) in [6, 6.07) is 95.2. The Morgan fingerprint density at radius 1 is 0.214 bits per heavy atom. The number of hydrogen-bond donors (Lipinski definition) is 0. The predicted molar refractivity (Wildman–Crippen MR) is 374 cm³/mol. The lowest BCUT2D eigenvalue weighted by atomic mass is 9.95. The Bertz CT molecular complexity index is 6050. The van der Waals surface area contributed by atoms with Gasteiger partial charge >= 0.3 is 0 Å². The number of aromatic nitrogens is 5. The van der Waals surface area contributed by atoms with Gasteiger partial charge in [-0.25, -0.2) is 15.0 Å². The number of nitrogens with zero attached hydrogens (tertiary/aromatic N) is 14. The van der Waals surface area contributed by atoms with Gasteiger partial charge in [-0.15, -0.1) is 0 Å². The van der Waals surface area contributed by atoms with Crippen molar-refractivity contribution < 1.29 is 0 Å². The largest absolute Gasteiger partial charge is 0.309 e. The van der Waals surface area contributed by atoms with E-state index in [2.05, 4.69) is 63.8 Å². The fraction of sp³-hybridized carbons (Fsp3) is 0. The highest BCUT2D eigenvalue weighted by atomic mass is 15.0. The summed E-state index contributed by atoms with van der Waals surface area (Å²) in [5.41, 5.74) is 16.0. The van der Waals surface area contributed by atoms with Crippen LogP contribution in [0.3, 0.4) is 0 Å². The van der Waals surface area contributed by atoms with Crippen molar-refractivity contribution in [2.75, 3.05) is 0 Å².